The summed E-state index contributed by atoms with van der Waals surface area (Å²) in [7, 11) is 0. The molecule has 2 N–H and O–H groups in total. The van der Waals surface area contributed by atoms with Gasteiger partial charge in [0.15, 0.2) is 11.5 Å². The molecule has 0 fully saturated rings. The summed E-state index contributed by atoms with van der Waals surface area (Å²) >= 11 is 0. The first kappa shape index (κ1) is 17.8. The van der Waals surface area contributed by atoms with Crippen molar-refractivity contribution in [3.8, 4) is 22.8 Å². The predicted octanol–water partition coefficient (Wildman–Crippen LogP) is 5.13. The van der Waals surface area contributed by atoms with Crippen LogP contribution in [0.5, 0.6) is 11.5 Å². The number of hydrogen-bond acceptors (Lipinski definition) is 6. The molecule has 4 aromatic rings. The maximum atomic E-state index is 5.46. The van der Waals surface area contributed by atoms with Crippen molar-refractivity contribution in [2.24, 2.45) is 0 Å². The number of fused-ring (bicyclic) bond motifs is 4. The van der Waals surface area contributed by atoms with Crippen LogP contribution in [0.2, 0.25) is 0 Å². The molecule has 0 atom stereocenters. The summed E-state index contributed by atoms with van der Waals surface area (Å²) in [6.45, 7) is 0.982. The van der Waals surface area contributed by atoms with Crippen molar-refractivity contribution in [3.05, 3.63) is 89.7 Å². The van der Waals surface area contributed by atoms with E-state index in [-0.39, 0.29) is 6.79 Å². The molecule has 0 unspecified atom stereocenters. The zero-order chi connectivity index (χ0) is 20.6. The summed E-state index contributed by atoms with van der Waals surface area (Å²) in [5.41, 5.74) is 7.79. The van der Waals surface area contributed by atoms with Gasteiger partial charge in [-0.2, -0.15) is 0 Å². The second kappa shape index (κ2) is 7.32. The highest BCUT2D eigenvalue weighted by Gasteiger charge is 2.23. The molecular formula is C25H20N4O2. The molecule has 152 valence electrons. The number of anilines is 3. The molecule has 0 saturated carbocycles. The molecular weight excluding hydrogens is 388 g/mol. The Hall–Kier alpha value is -4.06. The van der Waals surface area contributed by atoms with Gasteiger partial charge in [-0.3, -0.25) is 0 Å². The van der Waals surface area contributed by atoms with Gasteiger partial charge in [-0.15, -0.1) is 0 Å². The lowest BCUT2D eigenvalue weighted by Gasteiger charge is -2.12. The van der Waals surface area contributed by atoms with Crippen molar-refractivity contribution in [2.75, 3.05) is 17.4 Å². The monoisotopic (exact) mass is 408 g/mol. The fourth-order valence-corrected chi connectivity index (χ4v) is 4.11. The number of nitrogens with one attached hydrogen (secondary N) is 2. The Kier molecular flexibility index (Phi) is 4.20. The quantitative estimate of drug-likeness (QED) is 0.420. The summed E-state index contributed by atoms with van der Waals surface area (Å²) < 4.78 is 10.8. The van der Waals surface area contributed by atoms with E-state index in [1.807, 2.05) is 30.3 Å². The number of ether oxygens (including phenoxy) is 2. The maximum Gasteiger partial charge on any atom is 0.231 e. The first-order chi connectivity index (χ1) is 15.3. The van der Waals surface area contributed by atoms with E-state index in [1.54, 1.807) is 6.33 Å². The summed E-state index contributed by atoms with van der Waals surface area (Å²) in [5.74, 6) is 2.46. The Bertz CT molecular complexity index is 1290. The lowest BCUT2D eigenvalue weighted by molar-refractivity contribution is 0.174. The van der Waals surface area contributed by atoms with Crippen LogP contribution in [-0.2, 0) is 13.0 Å². The van der Waals surface area contributed by atoms with Crippen molar-refractivity contribution in [3.63, 3.8) is 0 Å². The highest BCUT2D eigenvalue weighted by atomic mass is 16.7. The smallest absolute Gasteiger partial charge is 0.231 e. The minimum atomic E-state index is 0.289. The van der Waals surface area contributed by atoms with Crippen molar-refractivity contribution < 1.29 is 9.47 Å². The molecule has 0 spiro atoms. The van der Waals surface area contributed by atoms with Crippen LogP contribution in [-0.4, -0.2) is 16.8 Å². The van der Waals surface area contributed by atoms with Crippen molar-refractivity contribution in [2.45, 2.75) is 13.0 Å². The lowest BCUT2D eigenvalue weighted by atomic mass is 10.1. The number of aromatic nitrogens is 2. The fourth-order valence-electron chi connectivity index (χ4n) is 4.11. The first-order valence-electron chi connectivity index (χ1n) is 10.3. The third-order valence-corrected chi connectivity index (χ3v) is 5.64. The largest absolute Gasteiger partial charge is 0.454 e. The lowest BCUT2D eigenvalue weighted by Crippen LogP contribution is -2.02. The molecule has 1 aromatic heterocycles. The minimum Gasteiger partial charge on any atom is -0.454 e. The topological polar surface area (TPSA) is 68.3 Å². The Morgan fingerprint density at radius 3 is 2.74 bits per heavy atom. The first-order valence-corrected chi connectivity index (χ1v) is 10.3. The van der Waals surface area contributed by atoms with Gasteiger partial charge in [0.25, 0.3) is 0 Å². The summed E-state index contributed by atoms with van der Waals surface area (Å²) in [5, 5.41) is 6.96. The van der Waals surface area contributed by atoms with Crippen LogP contribution in [0.3, 0.4) is 0 Å². The van der Waals surface area contributed by atoms with Gasteiger partial charge in [-0.05, 0) is 41.5 Å². The number of rotatable bonds is 5. The molecule has 1 aliphatic carbocycles. The van der Waals surface area contributed by atoms with Crippen LogP contribution in [0, 0.1) is 0 Å². The molecule has 0 bridgehead atoms. The zero-order valence-corrected chi connectivity index (χ0v) is 16.8. The van der Waals surface area contributed by atoms with Gasteiger partial charge >= 0.3 is 0 Å². The molecule has 0 saturated heterocycles. The molecule has 1 aliphatic heterocycles. The normalized spacial score (nSPS) is 12.9. The predicted molar refractivity (Wildman–Crippen MR) is 120 cm³/mol. The van der Waals surface area contributed by atoms with Gasteiger partial charge in [0.05, 0.1) is 5.69 Å². The van der Waals surface area contributed by atoms with E-state index >= 15 is 0 Å². The van der Waals surface area contributed by atoms with Crippen molar-refractivity contribution in [1.29, 1.82) is 0 Å². The average Bonchev–Trinajstić information content (AvgIpc) is 3.43. The van der Waals surface area contributed by atoms with Crippen LogP contribution < -0.4 is 20.1 Å². The molecule has 31 heavy (non-hydrogen) atoms. The van der Waals surface area contributed by atoms with E-state index < -0.39 is 0 Å². The second-order valence-corrected chi connectivity index (χ2v) is 7.63. The van der Waals surface area contributed by atoms with Gasteiger partial charge in [0.2, 0.25) is 6.79 Å². The van der Waals surface area contributed by atoms with Crippen LogP contribution in [0.1, 0.15) is 16.7 Å². The Morgan fingerprint density at radius 2 is 1.74 bits per heavy atom. The van der Waals surface area contributed by atoms with Crippen LogP contribution >= 0.6 is 0 Å². The van der Waals surface area contributed by atoms with Crippen LogP contribution in [0.4, 0.5) is 17.2 Å². The Labute approximate surface area is 179 Å². The standard InChI is InChI=1S/C25H20N4O2/c1-2-7-20-17(4-1)11-21-24(20)27-14-28-25(21)29-19-6-3-5-18(12-19)26-13-16-8-9-22-23(10-16)31-15-30-22/h1-10,12,14,26H,11,13,15H2,(H,27,28,29). The molecule has 2 aliphatic rings. The van der Waals surface area contributed by atoms with Gasteiger partial charge < -0.3 is 20.1 Å². The van der Waals surface area contributed by atoms with Gasteiger partial charge in [0.1, 0.15) is 12.1 Å². The third-order valence-electron chi connectivity index (χ3n) is 5.64. The SMILES string of the molecule is c1cc(NCc2ccc3c(c2)OCO3)cc(Nc2ncnc3c2Cc2ccccc2-3)c1. The fraction of sp³-hybridized carbons (Fsp3) is 0.120. The molecule has 6 rings (SSSR count). The average molecular weight is 408 g/mol. The van der Waals surface area contributed by atoms with Crippen LogP contribution in [0.25, 0.3) is 11.3 Å². The highest BCUT2D eigenvalue weighted by molar-refractivity contribution is 5.79. The van der Waals surface area contributed by atoms with E-state index in [1.165, 1.54) is 11.1 Å². The van der Waals surface area contributed by atoms with E-state index in [9.17, 15) is 0 Å². The van der Waals surface area contributed by atoms with E-state index in [4.69, 9.17) is 9.47 Å². The summed E-state index contributed by atoms with van der Waals surface area (Å²) in [4.78, 5) is 9.04. The molecule has 6 nitrogen and oxygen atoms in total. The molecule has 0 radical (unpaired) electrons. The molecule has 2 heterocycles. The second-order valence-electron chi connectivity index (χ2n) is 7.63. The van der Waals surface area contributed by atoms with Gasteiger partial charge in [-0.25, -0.2) is 9.97 Å². The number of benzene rings is 3. The summed E-state index contributed by atoms with van der Waals surface area (Å²) in [6, 6.07) is 22.6. The minimum absolute atomic E-state index is 0.289. The zero-order valence-electron chi connectivity index (χ0n) is 16.8. The van der Waals surface area contributed by atoms with Gasteiger partial charge in [-0.1, -0.05) is 36.4 Å². The maximum absolute atomic E-state index is 5.46. The third kappa shape index (κ3) is 3.32. The Morgan fingerprint density at radius 1 is 0.839 bits per heavy atom. The van der Waals surface area contributed by atoms with E-state index in [2.05, 4.69) is 57.0 Å². The Balaban J connectivity index is 1.20. The summed E-state index contributed by atoms with van der Waals surface area (Å²) in [6.07, 6.45) is 2.47. The van der Waals surface area contributed by atoms with E-state index in [0.29, 0.717) is 6.54 Å². The van der Waals surface area contributed by atoms with Gasteiger partial charge in [0, 0.05) is 35.5 Å². The van der Waals surface area contributed by atoms with E-state index in [0.717, 1.165) is 51.9 Å². The van der Waals surface area contributed by atoms with Crippen molar-refractivity contribution in [1.82, 2.24) is 9.97 Å². The molecule has 6 heteroatoms. The number of nitrogens with zero attached hydrogens (tertiary/aromatic N) is 2. The van der Waals surface area contributed by atoms with Crippen molar-refractivity contribution >= 4 is 17.2 Å². The molecule has 0 amide bonds. The molecule has 3 aromatic carbocycles. The number of hydrogen-bond donors (Lipinski definition) is 2. The van der Waals surface area contributed by atoms with Crippen LogP contribution in [0.15, 0.2) is 73.1 Å². The highest BCUT2D eigenvalue weighted by Crippen LogP contribution is 2.38.